The van der Waals surface area contributed by atoms with E-state index in [0.29, 0.717) is 12.5 Å². The van der Waals surface area contributed by atoms with Gasteiger partial charge in [0.15, 0.2) is 0 Å². The van der Waals surface area contributed by atoms with Gasteiger partial charge in [-0.25, -0.2) is 9.89 Å². The molecule has 0 aliphatic heterocycles. The summed E-state index contributed by atoms with van der Waals surface area (Å²) in [5, 5.41) is 10.9. The van der Waals surface area contributed by atoms with E-state index in [0.717, 1.165) is 54.4 Å². The predicted molar refractivity (Wildman–Crippen MR) is 159 cm³/mol. The van der Waals surface area contributed by atoms with Gasteiger partial charge >= 0.3 is 6.09 Å². The Morgan fingerprint density at radius 3 is 1.78 bits per heavy atom. The lowest BCUT2D eigenvalue weighted by molar-refractivity contribution is 0.0509. The van der Waals surface area contributed by atoms with Crippen LogP contribution in [0.15, 0.2) is 24.5 Å². The van der Waals surface area contributed by atoms with E-state index < -0.39 is 11.7 Å². The van der Waals surface area contributed by atoms with Crippen LogP contribution >= 0.6 is 0 Å². The van der Waals surface area contributed by atoms with Crippen LogP contribution in [0.2, 0.25) is 0 Å². The number of hydrogen-bond acceptors (Lipinski definition) is 6. The van der Waals surface area contributed by atoms with Crippen LogP contribution in [0, 0.1) is 35.5 Å². The van der Waals surface area contributed by atoms with Crippen LogP contribution in [-0.4, -0.2) is 44.9 Å². The maximum atomic E-state index is 11.9. The van der Waals surface area contributed by atoms with Crippen molar-refractivity contribution in [3.05, 3.63) is 24.5 Å². The van der Waals surface area contributed by atoms with Crippen LogP contribution < -0.4 is 9.47 Å². The van der Waals surface area contributed by atoms with E-state index in [1.807, 2.05) is 26.8 Å². The second-order valence-electron chi connectivity index (χ2n) is 13.9. The Morgan fingerprint density at radius 2 is 1.37 bits per heavy atom. The topological polar surface area (TPSA) is 91.3 Å². The minimum Gasteiger partial charge on any atom is -0.478 e. The van der Waals surface area contributed by atoms with Crippen LogP contribution in [0.1, 0.15) is 111 Å². The molecule has 8 nitrogen and oxygen atoms in total. The predicted octanol–water partition coefficient (Wildman–Crippen LogP) is 8.05. The van der Waals surface area contributed by atoms with Gasteiger partial charge in [-0.05, 0) is 69.1 Å². The minimum absolute atomic E-state index is 0.473. The van der Waals surface area contributed by atoms with Gasteiger partial charge in [0, 0.05) is 18.3 Å². The van der Waals surface area contributed by atoms with Crippen molar-refractivity contribution in [1.82, 2.24) is 20.0 Å². The molecule has 0 bridgehead atoms. The fraction of sp³-hybridized carbons (Fsp3) is 0.788. The molecule has 2 aromatic heterocycles. The van der Waals surface area contributed by atoms with Gasteiger partial charge in [0.2, 0.25) is 11.8 Å². The first-order valence-corrected chi connectivity index (χ1v) is 16.4. The van der Waals surface area contributed by atoms with Crippen LogP contribution in [-0.2, 0) is 4.74 Å². The van der Waals surface area contributed by atoms with E-state index in [4.69, 9.17) is 14.2 Å². The second kappa shape index (κ2) is 14.1. The summed E-state index contributed by atoms with van der Waals surface area (Å²) in [6, 6.07) is 3.62. The third-order valence-electron chi connectivity index (χ3n) is 10.1. The average molecular weight is 569 g/mol. The number of H-pyrrole nitrogens is 1. The zero-order valence-corrected chi connectivity index (χ0v) is 25.6. The molecule has 4 aliphatic rings. The third kappa shape index (κ3) is 8.51. The summed E-state index contributed by atoms with van der Waals surface area (Å²) >= 11 is 0. The maximum Gasteiger partial charge on any atom is 0.435 e. The van der Waals surface area contributed by atoms with Crippen molar-refractivity contribution in [3.8, 4) is 11.8 Å². The molecular weight excluding hydrogens is 516 g/mol. The molecule has 4 saturated carbocycles. The molecular formula is C33H52N4O4. The molecule has 0 atom stereocenters. The zero-order valence-electron chi connectivity index (χ0n) is 25.6. The number of rotatable bonds is 12. The molecule has 0 spiro atoms. The van der Waals surface area contributed by atoms with Crippen molar-refractivity contribution < 1.29 is 19.0 Å². The first-order valence-electron chi connectivity index (χ1n) is 16.4. The number of aromatic amines is 1. The highest BCUT2D eigenvalue weighted by Crippen LogP contribution is 2.47. The summed E-state index contributed by atoms with van der Waals surface area (Å²) in [5.41, 5.74) is -0.525. The molecule has 2 heterocycles. The highest BCUT2D eigenvalue weighted by Gasteiger charge is 2.36. The summed E-state index contributed by atoms with van der Waals surface area (Å²) in [5.74, 6) is 6.90. The van der Waals surface area contributed by atoms with Gasteiger partial charge in [0.25, 0.3) is 0 Å². The normalized spacial score (nSPS) is 19.9. The van der Waals surface area contributed by atoms with E-state index in [2.05, 4.69) is 15.3 Å². The van der Waals surface area contributed by atoms with E-state index in [-0.39, 0.29) is 0 Å². The van der Waals surface area contributed by atoms with Gasteiger partial charge in [-0.15, -0.1) is 5.10 Å². The monoisotopic (exact) mass is 568 g/mol. The standard InChI is InChI=1S/C19H30N2O3.C14H22N2O/c1-19(2,3)24-18(22)21-12-10-17(20-21)23-13-11-16(14-6-4-7-14)15-8-5-9-15;1-3-11(4-1)13(12-5-2-6-12)8-10-17-14-7-9-15-16-14/h10,12,14-16H,4-9,11,13H2,1-3H3;7,9,11-13H,1-6,8,10H2,(H,15,16). The highest BCUT2D eigenvalue weighted by molar-refractivity contribution is 5.69. The summed E-state index contributed by atoms with van der Waals surface area (Å²) in [6.45, 7) is 7.05. The van der Waals surface area contributed by atoms with Crippen LogP contribution in [0.25, 0.3) is 0 Å². The van der Waals surface area contributed by atoms with Gasteiger partial charge in [0.1, 0.15) is 5.60 Å². The number of ether oxygens (including phenoxy) is 3. The molecule has 0 amide bonds. The van der Waals surface area contributed by atoms with Crippen molar-refractivity contribution in [1.29, 1.82) is 0 Å². The van der Waals surface area contributed by atoms with Crippen molar-refractivity contribution in [3.63, 3.8) is 0 Å². The number of carbonyl (C=O) groups is 1. The van der Waals surface area contributed by atoms with E-state index >= 15 is 0 Å². The molecule has 41 heavy (non-hydrogen) atoms. The average Bonchev–Trinajstić information content (AvgIpc) is 3.46. The molecule has 0 saturated heterocycles. The zero-order chi connectivity index (χ0) is 28.7. The van der Waals surface area contributed by atoms with Crippen molar-refractivity contribution in [2.45, 2.75) is 116 Å². The number of nitrogens with one attached hydrogen (secondary N) is 1. The fourth-order valence-corrected chi connectivity index (χ4v) is 6.91. The lowest BCUT2D eigenvalue weighted by atomic mass is 9.63. The Labute approximate surface area is 246 Å². The van der Waals surface area contributed by atoms with Crippen LogP contribution in [0.4, 0.5) is 4.79 Å². The first kappa shape index (κ1) is 30.0. The van der Waals surface area contributed by atoms with Crippen molar-refractivity contribution >= 4 is 6.09 Å². The van der Waals surface area contributed by atoms with Gasteiger partial charge in [-0.3, -0.25) is 0 Å². The molecule has 0 aromatic carbocycles. The van der Waals surface area contributed by atoms with Gasteiger partial charge in [0.05, 0.1) is 19.4 Å². The third-order valence-corrected chi connectivity index (χ3v) is 10.1. The lowest BCUT2D eigenvalue weighted by Crippen LogP contribution is -2.33. The Hall–Kier alpha value is -2.51. The Bertz CT molecular complexity index is 1020. The number of carbonyl (C=O) groups excluding carboxylic acids is 1. The first-order chi connectivity index (χ1) is 19.9. The fourth-order valence-electron chi connectivity index (χ4n) is 6.91. The van der Waals surface area contributed by atoms with Gasteiger partial charge < -0.3 is 14.2 Å². The Morgan fingerprint density at radius 1 is 0.854 bits per heavy atom. The largest absolute Gasteiger partial charge is 0.478 e. The lowest BCUT2D eigenvalue weighted by Gasteiger charge is -2.42. The number of aromatic nitrogens is 4. The molecule has 0 radical (unpaired) electrons. The van der Waals surface area contributed by atoms with Crippen LogP contribution in [0.5, 0.6) is 11.8 Å². The highest BCUT2D eigenvalue weighted by atomic mass is 16.6. The van der Waals surface area contributed by atoms with Crippen LogP contribution in [0.3, 0.4) is 0 Å². The summed E-state index contributed by atoms with van der Waals surface area (Å²) in [4.78, 5) is 11.9. The summed E-state index contributed by atoms with van der Waals surface area (Å²) in [7, 11) is 0. The number of hydrogen-bond donors (Lipinski definition) is 1. The molecule has 4 fully saturated rings. The van der Waals surface area contributed by atoms with Gasteiger partial charge in [-0.2, -0.15) is 9.78 Å². The smallest absolute Gasteiger partial charge is 0.435 e. The second-order valence-corrected chi connectivity index (χ2v) is 13.9. The molecule has 1 N–H and O–H groups in total. The SMILES string of the molecule is CC(C)(C)OC(=O)n1ccc(OCCC(C2CCC2)C2CCC2)n1.c1cc(OCCC(C2CCC2)C2CCC2)[nH]n1. The molecule has 2 aromatic rings. The van der Waals surface area contributed by atoms with E-state index in [1.165, 1.54) is 88.2 Å². The number of nitrogens with zero attached hydrogens (tertiary/aromatic N) is 3. The van der Waals surface area contributed by atoms with Crippen molar-refractivity contribution in [2.75, 3.05) is 13.2 Å². The summed E-state index contributed by atoms with van der Waals surface area (Å²) in [6.07, 6.45) is 22.3. The maximum absolute atomic E-state index is 11.9. The molecule has 6 rings (SSSR count). The van der Waals surface area contributed by atoms with E-state index in [9.17, 15) is 4.79 Å². The molecule has 0 unspecified atom stereocenters. The minimum atomic E-state index is -0.525. The van der Waals surface area contributed by atoms with E-state index in [1.54, 1.807) is 18.5 Å². The quantitative estimate of drug-likeness (QED) is 0.279. The molecule has 8 heteroatoms. The Balaban J connectivity index is 0.000000174. The molecule has 228 valence electrons. The van der Waals surface area contributed by atoms with Crippen molar-refractivity contribution in [2.24, 2.45) is 35.5 Å². The summed E-state index contributed by atoms with van der Waals surface area (Å²) < 4.78 is 18.0. The Kier molecular flexibility index (Phi) is 10.3. The molecule has 4 aliphatic carbocycles. The van der Waals surface area contributed by atoms with Gasteiger partial charge in [-0.1, -0.05) is 77.0 Å².